The Morgan fingerprint density at radius 2 is 2.00 bits per heavy atom. The molecule has 0 aromatic heterocycles. The summed E-state index contributed by atoms with van der Waals surface area (Å²) >= 11 is 0. The second-order valence-electron chi connectivity index (χ2n) is 5.18. The van der Waals surface area contributed by atoms with E-state index in [-0.39, 0.29) is 24.0 Å². The van der Waals surface area contributed by atoms with Gasteiger partial charge in [-0.05, 0) is 31.0 Å². The maximum absolute atomic E-state index is 12.7. The second-order valence-corrected chi connectivity index (χ2v) is 7.08. The highest BCUT2D eigenvalue weighted by molar-refractivity contribution is 7.89. The van der Waals surface area contributed by atoms with E-state index >= 15 is 0 Å². The SMILES string of the molecule is COCCN1CN(S(=O)(=O)c2cc(C)ccc2C)CC1=O. The Hall–Kier alpha value is -1.44. The predicted molar refractivity (Wildman–Crippen MR) is 78.3 cm³/mol. The third-order valence-corrected chi connectivity index (χ3v) is 5.44. The highest BCUT2D eigenvalue weighted by Gasteiger charge is 2.36. The van der Waals surface area contributed by atoms with E-state index in [2.05, 4.69) is 0 Å². The quantitative estimate of drug-likeness (QED) is 0.804. The number of hydrogen-bond donors (Lipinski definition) is 0. The van der Waals surface area contributed by atoms with E-state index in [1.54, 1.807) is 26.2 Å². The van der Waals surface area contributed by atoms with Gasteiger partial charge in [0.2, 0.25) is 15.9 Å². The molecular weight excluding hydrogens is 292 g/mol. The maximum Gasteiger partial charge on any atom is 0.245 e. The molecule has 0 spiro atoms. The zero-order valence-electron chi connectivity index (χ0n) is 12.5. The van der Waals surface area contributed by atoms with Crippen molar-refractivity contribution in [3.05, 3.63) is 29.3 Å². The van der Waals surface area contributed by atoms with Crippen LogP contribution in [0.2, 0.25) is 0 Å². The highest BCUT2D eigenvalue weighted by atomic mass is 32.2. The van der Waals surface area contributed by atoms with Gasteiger partial charge in [0.15, 0.2) is 0 Å². The van der Waals surface area contributed by atoms with E-state index in [9.17, 15) is 13.2 Å². The van der Waals surface area contributed by atoms with Crippen molar-refractivity contribution in [2.24, 2.45) is 0 Å². The van der Waals surface area contributed by atoms with Crippen molar-refractivity contribution in [3.8, 4) is 0 Å². The first kappa shape index (κ1) is 15.9. The third kappa shape index (κ3) is 3.25. The lowest BCUT2D eigenvalue weighted by atomic mass is 10.2. The Bertz CT molecular complexity index is 642. The van der Waals surface area contributed by atoms with E-state index < -0.39 is 10.0 Å². The number of methoxy groups -OCH3 is 1. The molecule has 1 saturated heterocycles. The molecule has 1 aromatic carbocycles. The van der Waals surface area contributed by atoms with Crippen molar-refractivity contribution in [2.45, 2.75) is 18.7 Å². The second kappa shape index (κ2) is 6.13. The molecule has 6 nitrogen and oxygen atoms in total. The molecule has 0 radical (unpaired) electrons. The summed E-state index contributed by atoms with van der Waals surface area (Å²) in [5, 5.41) is 0. The summed E-state index contributed by atoms with van der Waals surface area (Å²) in [4.78, 5) is 13.6. The molecule has 1 aliphatic heterocycles. The molecule has 7 heteroatoms. The minimum atomic E-state index is -3.65. The number of rotatable bonds is 5. The molecule has 1 aromatic rings. The number of hydrogen-bond acceptors (Lipinski definition) is 4. The van der Waals surface area contributed by atoms with Gasteiger partial charge in [-0.3, -0.25) is 4.79 Å². The Morgan fingerprint density at radius 3 is 2.67 bits per heavy atom. The fourth-order valence-electron chi connectivity index (χ4n) is 2.25. The first-order chi connectivity index (χ1) is 9.86. The van der Waals surface area contributed by atoms with Gasteiger partial charge in [0.1, 0.15) is 0 Å². The molecule has 0 N–H and O–H groups in total. The molecule has 1 fully saturated rings. The fourth-order valence-corrected chi connectivity index (χ4v) is 3.91. The molecule has 21 heavy (non-hydrogen) atoms. The molecule has 0 bridgehead atoms. The van der Waals surface area contributed by atoms with Crippen molar-refractivity contribution in [1.29, 1.82) is 0 Å². The monoisotopic (exact) mass is 312 g/mol. The molecule has 0 atom stereocenters. The first-order valence-corrected chi connectivity index (χ1v) is 8.14. The van der Waals surface area contributed by atoms with Crippen LogP contribution >= 0.6 is 0 Å². The number of carbonyl (C=O) groups excluding carboxylic acids is 1. The van der Waals surface area contributed by atoms with E-state index in [1.165, 1.54) is 9.21 Å². The van der Waals surface area contributed by atoms with Crippen LogP contribution in [-0.4, -0.2) is 57.0 Å². The number of nitrogens with zero attached hydrogens (tertiary/aromatic N) is 2. The van der Waals surface area contributed by atoms with Crippen molar-refractivity contribution >= 4 is 15.9 Å². The van der Waals surface area contributed by atoms with Crippen LogP contribution in [0.15, 0.2) is 23.1 Å². The number of sulfonamides is 1. The van der Waals surface area contributed by atoms with Gasteiger partial charge in [0.05, 0.1) is 24.7 Å². The highest BCUT2D eigenvalue weighted by Crippen LogP contribution is 2.23. The van der Waals surface area contributed by atoms with Gasteiger partial charge < -0.3 is 9.64 Å². The number of aryl methyl sites for hydroxylation is 2. The minimum absolute atomic E-state index is 0.0813. The van der Waals surface area contributed by atoms with E-state index in [0.717, 1.165) is 5.56 Å². The van der Waals surface area contributed by atoms with Gasteiger partial charge in [0, 0.05) is 13.7 Å². The van der Waals surface area contributed by atoms with Crippen LogP contribution in [-0.2, 0) is 19.6 Å². The molecule has 1 heterocycles. The summed E-state index contributed by atoms with van der Waals surface area (Å²) in [5.41, 5.74) is 1.56. The molecular formula is C14H20N2O4S. The van der Waals surface area contributed by atoms with Crippen LogP contribution in [0.5, 0.6) is 0 Å². The summed E-state index contributed by atoms with van der Waals surface area (Å²) in [6.07, 6.45) is 0. The lowest BCUT2D eigenvalue weighted by molar-refractivity contribution is -0.127. The molecule has 0 aliphatic carbocycles. The van der Waals surface area contributed by atoms with Crippen LogP contribution in [0.4, 0.5) is 0 Å². The summed E-state index contributed by atoms with van der Waals surface area (Å²) in [7, 11) is -2.11. The summed E-state index contributed by atoms with van der Waals surface area (Å²) in [6.45, 7) is 4.36. The topological polar surface area (TPSA) is 66.9 Å². The predicted octanol–water partition coefficient (Wildman–Crippen LogP) is 0.740. The fraction of sp³-hybridized carbons (Fsp3) is 0.500. The lowest BCUT2D eigenvalue weighted by Gasteiger charge is -2.19. The molecule has 0 saturated carbocycles. The summed E-state index contributed by atoms with van der Waals surface area (Å²) < 4.78 is 31.5. The molecule has 116 valence electrons. The molecule has 1 amide bonds. The van der Waals surface area contributed by atoms with Crippen LogP contribution in [0, 0.1) is 13.8 Å². The number of ether oxygens (including phenoxy) is 1. The molecule has 0 unspecified atom stereocenters. The Morgan fingerprint density at radius 1 is 1.29 bits per heavy atom. The van der Waals surface area contributed by atoms with Gasteiger partial charge in [-0.1, -0.05) is 12.1 Å². The standard InChI is InChI=1S/C14H20N2O4S/c1-11-4-5-12(2)13(8-11)21(18,19)16-9-14(17)15(10-16)6-7-20-3/h4-5,8H,6-7,9-10H2,1-3H3. The average molecular weight is 312 g/mol. The van der Waals surface area contributed by atoms with Crippen molar-refractivity contribution < 1.29 is 17.9 Å². The number of benzene rings is 1. The average Bonchev–Trinajstić information content (AvgIpc) is 2.81. The van der Waals surface area contributed by atoms with Gasteiger partial charge >= 0.3 is 0 Å². The van der Waals surface area contributed by atoms with E-state index in [1.807, 2.05) is 13.0 Å². The minimum Gasteiger partial charge on any atom is -0.383 e. The van der Waals surface area contributed by atoms with Crippen LogP contribution < -0.4 is 0 Å². The summed E-state index contributed by atoms with van der Waals surface area (Å²) in [5.74, 6) is -0.194. The summed E-state index contributed by atoms with van der Waals surface area (Å²) in [6, 6.07) is 5.30. The molecule has 1 aliphatic rings. The van der Waals surface area contributed by atoms with Crippen molar-refractivity contribution in [1.82, 2.24) is 9.21 Å². The van der Waals surface area contributed by atoms with Gasteiger partial charge in [0.25, 0.3) is 0 Å². The zero-order chi connectivity index (χ0) is 15.6. The zero-order valence-corrected chi connectivity index (χ0v) is 13.3. The van der Waals surface area contributed by atoms with Crippen LogP contribution in [0.1, 0.15) is 11.1 Å². The third-order valence-electron chi connectivity index (χ3n) is 3.52. The normalized spacial score (nSPS) is 16.7. The van der Waals surface area contributed by atoms with E-state index in [4.69, 9.17) is 4.74 Å². The van der Waals surface area contributed by atoms with Crippen LogP contribution in [0.3, 0.4) is 0 Å². The van der Waals surface area contributed by atoms with Crippen LogP contribution in [0.25, 0.3) is 0 Å². The first-order valence-electron chi connectivity index (χ1n) is 6.70. The number of amides is 1. The Balaban J connectivity index is 2.25. The molecule has 2 rings (SSSR count). The largest absolute Gasteiger partial charge is 0.383 e. The van der Waals surface area contributed by atoms with Gasteiger partial charge in [-0.15, -0.1) is 0 Å². The Kier molecular flexibility index (Phi) is 4.65. The lowest BCUT2D eigenvalue weighted by Crippen LogP contribution is -2.33. The Labute approximate surface area is 125 Å². The maximum atomic E-state index is 12.7. The number of carbonyl (C=O) groups is 1. The van der Waals surface area contributed by atoms with Crippen molar-refractivity contribution in [3.63, 3.8) is 0 Å². The van der Waals surface area contributed by atoms with Gasteiger partial charge in [-0.25, -0.2) is 8.42 Å². The van der Waals surface area contributed by atoms with Gasteiger partial charge in [-0.2, -0.15) is 4.31 Å². The van der Waals surface area contributed by atoms with E-state index in [0.29, 0.717) is 18.7 Å². The van der Waals surface area contributed by atoms with Crippen molar-refractivity contribution in [2.75, 3.05) is 33.5 Å². The smallest absolute Gasteiger partial charge is 0.245 e.